The summed E-state index contributed by atoms with van der Waals surface area (Å²) in [6.07, 6.45) is 5.13. The molecule has 1 radical (unpaired) electrons. The Morgan fingerprint density at radius 1 is 1.00 bits per heavy atom. The summed E-state index contributed by atoms with van der Waals surface area (Å²) in [6, 6.07) is 9.05. The fourth-order valence-corrected chi connectivity index (χ4v) is 3.30. The molecule has 0 bridgehead atoms. The van der Waals surface area contributed by atoms with Gasteiger partial charge < -0.3 is 8.85 Å². The number of fused-ring (bicyclic) bond motifs is 1. The Kier molecular flexibility index (Phi) is 3.67. The van der Waals surface area contributed by atoms with Gasteiger partial charge in [-0.1, -0.05) is 38.3 Å². The monoisotopic (exact) mass is 221 g/mol. The average molecular weight is 221 g/mol. The maximum absolute atomic E-state index is 5.77. The van der Waals surface area contributed by atoms with Gasteiger partial charge in [-0.25, -0.2) is 0 Å². The van der Waals surface area contributed by atoms with Crippen LogP contribution >= 0.6 is 0 Å². The van der Waals surface area contributed by atoms with Gasteiger partial charge in [-0.2, -0.15) is 0 Å². The lowest BCUT2D eigenvalue weighted by Crippen LogP contribution is -2.23. The average Bonchev–Trinajstić information content (AvgIpc) is 2.67. The first-order valence-electron chi connectivity index (χ1n) is 5.70. The maximum atomic E-state index is 5.77. The van der Waals surface area contributed by atoms with E-state index in [-0.39, 0.29) is 0 Å². The topological polar surface area (TPSA) is 18.5 Å². The zero-order valence-electron chi connectivity index (χ0n) is 9.16. The molecule has 3 heteroatoms. The Labute approximate surface area is 93.1 Å². The van der Waals surface area contributed by atoms with Gasteiger partial charge >= 0.3 is 9.28 Å². The molecular weight excluding hydrogens is 204 g/mol. The van der Waals surface area contributed by atoms with E-state index >= 15 is 0 Å². The second kappa shape index (κ2) is 5.21. The molecule has 0 spiro atoms. The zero-order chi connectivity index (χ0) is 10.5. The molecule has 0 aliphatic carbocycles. The highest BCUT2D eigenvalue weighted by Crippen LogP contribution is 2.33. The second-order valence-corrected chi connectivity index (χ2v) is 5.49. The molecular formula is C12H17O2Si. The van der Waals surface area contributed by atoms with Crippen LogP contribution in [0.4, 0.5) is 0 Å². The number of hydrogen-bond donors (Lipinski definition) is 0. The summed E-state index contributed by atoms with van der Waals surface area (Å²) in [5.74, 6) is 1.86. The van der Waals surface area contributed by atoms with Crippen LogP contribution in [0.2, 0.25) is 6.04 Å². The molecule has 0 amide bonds. The molecule has 2 nitrogen and oxygen atoms in total. The molecule has 1 aliphatic heterocycles. The first-order chi connectivity index (χ1) is 7.40. The van der Waals surface area contributed by atoms with Crippen LogP contribution in [-0.4, -0.2) is 9.28 Å². The van der Waals surface area contributed by atoms with Gasteiger partial charge in [0.05, 0.1) is 0 Å². The van der Waals surface area contributed by atoms with Gasteiger partial charge in [-0.15, -0.1) is 0 Å². The fourth-order valence-electron chi connectivity index (χ4n) is 1.68. The van der Waals surface area contributed by atoms with Crippen molar-refractivity contribution in [3.63, 3.8) is 0 Å². The lowest BCUT2D eigenvalue weighted by molar-refractivity contribution is 0.489. The van der Waals surface area contributed by atoms with E-state index in [2.05, 4.69) is 6.92 Å². The number of unbranched alkanes of at least 4 members (excludes halogenated alkanes) is 3. The summed E-state index contributed by atoms with van der Waals surface area (Å²) in [5.41, 5.74) is 0. The molecule has 1 heterocycles. The molecule has 0 aromatic heterocycles. The summed E-state index contributed by atoms with van der Waals surface area (Å²) in [6.45, 7) is 2.23. The van der Waals surface area contributed by atoms with Crippen molar-refractivity contribution in [1.29, 1.82) is 0 Å². The highest BCUT2D eigenvalue weighted by Gasteiger charge is 2.28. The van der Waals surface area contributed by atoms with Crippen molar-refractivity contribution in [1.82, 2.24) is 0 Å². The predicted molar refractivity (Wildman–Crippen MR) is 62.4 cm³/mol. The molecule has 1 aromatic rings. The Morgan fingerprint density at radius 3 is 2.27 bits per heavy atom. The molecule has 2 rings (SSSR count). The third kappa shape index (κ3) is 2.75. The lowest BCUT2D eigenvalue weighted by Gasteiger charge is -2.04. The van der Waals surface area contributed by atoms with E-state index in [1.54, 1.807) is 0 Å². The molecule has 0 atom stereocenters. The molecule has 15 heavy (non-hydrogen) atoms. The van der Waals surface area contributed by atoms with Crippen LogP contribution in [0.15, 0.2) is 24.3 Å². The van der Waals surface area contributed by atoms with Crippen LogP contribution in [0.1, 0.15) is 32.6 Å². The standard InChI is InChI=1S/C12H17O2Si/c1-2-3-4-7-10-15-13-11-8-5-6-9-12(11)14-15/h5-6,8-9H,2-4,7,10H2,1H3. The molecule has 1 aliphatic rings. The fraction of sp³-hybridized carbons (Fsp3) is 0.500. The minimum absolute atomic E-state index is 0.932. The van der Waals surface area contributed by atoms with Gasteiger partial charge in [0.15, 0.2) is 0 Å². The SMILES string of the molecule is CCCCCC[Si]1Oc2ccccc2O1. The molecule has 0 saturated carbocycles. The molecule has 0 fully saturated rings. The van der Waals surface area contributed by atoms with Crippen LogP contribution in [0, 0.1) is 0 Å². The van der Waals surface area contributed by atoms with E-state index in [4.69, 9.17) is 8.85 Å². The molecule has 81 valence electrons. The van der Waals surface area contributed by atoms with Gasteiger partial charge in [-0.3, -0.25) is 0 Å². The number of rotatable bonds is 5. The van der Waals surface area contributed by atoms with Crippen molar-refractivity contribution in [2.24, 2.45) is 0 Å². The third-order valence-electron chi connectivity index (χ3n) is 2.53. The van der Waals surface area contributed by atoms with Crippen LogP contribution in [0.3, 0.4) is 0 Å². The number of para-hydroxylation sites is 2. The van der Waals surface area contributed by atoms with E-state index in [1.807, 2.05) is 24.3 Å². The summed E-state index contributed by atoms with van der Waals surface area (Å²) >= 11 is 0. The van der Waals surface area contributed by atoms with Crippen LogP contribution < -0.4 is 8.85 Å². The van der Waals surface area contributed by atoms with Crippen molar-refractivity contribution in [2.45, 2.75) is 38.7 Å². The van der Waals surface area contributed by atoms with Crippen molar-refractivity contribution in [3.05, 3.63) is 24.3 Å². The van der Waals surface area contributed by atoms with Gasteiger partial charge in [0.2, 0.25) is 0 Å². The molecule has 0 unspecified atom stereocenters. The molecule has 1 aromatic carbocycles. The van der Waals surface area contributed by atoms with E-state index < -0.39 is 9.28 Å². The van der Waals surface area contributed by atoms with Gasteiger partial charge in [0.1, 0.15) is 11.5 Å². The Morgan fingerprint density at radius 2 is 1.67 bits per heavy atom. The van der Waals surface area contributed by atoms with Gasteiger partial charge in [0.25, 0.3) is 0 Å². The third-order valence-corrected chi connectivity index (χ3v) is 4.19. The highest BCUT2D eigenvalue weighted by atomic mass is 28.3. The van der Waals surface area contributed by atoms with Crippen molar-refractivity contribution >= 4 is 9.28 Å². The zero-order valence-corrected chi connectivity index (χ0v) is 10.2. The van der Waals surface area contributed by atoms with E-state index in [0.717, 1.165) is 17.5 Å². The summed E-state index contributed by atoms with van der Waals surface area (Å²) in [5, 5.41) is 0. The summed E-state index contributed by atoms with van der Waals surface area (Å²) in [7, 11) is -1.05. The Bertz CT molecular complexity index is 289. The van der Waals surface area contributed by atoms with Gasteiger partial charge in [0, 0.05) is 6.04 Å². The van der Waals surface area contributed by atoms with E-state index in [9.17, 15) is 0 Å². The Hall–Kier alpha value is -0.963. The van der Waals surface area contributed by atoms with Crippen LogP contribution in [-0.2, 0) is 0 Å². The number of hydrogen-bond acceptors (Lipinski definition) is 2. The normalized spacial score (nSPS) is 14.5. The van der Waals surface area contributed by atoms with Crippen molar-refractivity contribution < 1.29 is 8.85 Å². The molecule has 0 saturated heterocycles. The first kappa shape index (κ1) is 10.6. The highest BCUT2D eigenvalue weighted by molar-refractivity contribution is 6.47. The largest absolute Gasteiger partial charge is 0.532 e. The second-order valence-electron chi connectivity index (χ2n) is 3.83. The predicted octanol–water partition coefficient (Wildman–Crippen LogP) is 3.53. The van der Waals surface area contributed by atoms with Crippen LogP contribution in [0.25, 0.3) is 0 Å². The quantitative estimate of drug-likeness (QED) is 0.559. The van der Waals surface area contributed by atoms with E-state index in [1.165, 1.54) is 25.7 Å². The molecule has 0 N–H and O–H groups in total. The van der Waals surface area contributed by atoms with E-state index in [0.29, 0.717) is 0 Å². The smallest absolute Gasteiger partial charge is 0.507 e. The van der Waals surface area contributed by atoms with Crippen molar-refractivity contribution in [3.8, 4) is 11.5 Å². The minimum Gasteiger partial charge on any atom is -0.507 e. The lowest BCUT2D eigenvalue weighted by atomic mass is 10.2. The van der Waals surface area contributed by atoms with Crippen LogP contribution in [0.5, 0.6) is 11.5 Å². The van der Waals surface area contributed by atoms with Crippen molar-refractivity contribution in [2.75, 3.05) is 0 Å². The summed E-state index contributed by atoms with van der Waals surface area (Å²) in [4.78, 5) is 0. The number of benzene rings is 1. The minimum atomic E-state index is -1.05. The first-order valence-corrected chi connectivity index (χ1v) is 7.23. The Balaban J connectivity index is 1.76. The maximum Gasteiger partial charge on any atom is 0.532 e. The summed E-state index contributed by atoms with van der Waals surface area (Å²) < 4.78 is 11.5. The van der Waals surface area contributed by atoms with Gasteiger partial charge in [-0.05, 0) is 18.6 Å².